The van der Waals surface area contributed by atoms with Crippen molar-refractivity contribution >= 4 is 28.6 Å². The van der Waals surface area contributed by atoms with Gasteiger partial charge in [0.1, 0.15) is 25.7 Å². The molecular weight excluding hydrogens is 357 g/mol. The lowest BCUT2D eigenvalue weighted by Crippen LogP contribution is -3.15. The van der Waals surface area contributed by atoms with E-state index in [1.165, 1.54) is 4.90 Å². The van der Waals surface area contributed by atoms with Gasteiger partial charge in [0.05, 0.1) is 18.8 Å². The highest BCUT2D eigenvalue weighted by atomic mass is 127. The molecule has 1 N–H and O–H groups in total. The van der Waals surface area contributed by atoms with Crippen LogP contribution in [0.1, 0.15) is 17.3 Å². The van der Waals surface area contributed by atoms with Gasteiger partial charge in [-0.3, -0.25) is 0 Å². The number of morpholine rings is 1. The summed E-state index contributed by atoms with van der Waals surface area (Å²) in [6, 6.07) is 7.49. The Morgan fingerprint density at radius 3 is 2.79 bits per heavy atom. The number of rotatable bonds is 4. The highest BCUT2D eigenvalue weighted by Crippen LogP contribution is 2.13. The number of hydrogen-bond donors (Lipinski definition) is 1. The van der Waals surface area contributed by atoms with Crippen LogP contribution in [0.2, 0.25) is 0 Å². The third-order valence-electron chi connectivity index (χ3n) is 3.18. The average Bonchev–Trinajstić information content (AvgIpc) is 2.40. The highest BCUT2D eigenvalue weighted by Gasteiger charge is 2.20. The number of esters is 1. The standard InChI is InChI=1S/C14H18INO3/c1-11(10-16-6-8-18-9-7-16)19-14(17)12-4-2-3-5-13(12)15/h2-5,11H,6-10H2,1H3/p+1/t11-/m1/s1. The maximum atomic E-state index is 12.1. The Morgan fingerprint density at radius 1 is 1.42 bits per heavy atom. The fraction of sp³-hybridized carbons (Fsp3) is 0.500. The van der Waals surface area contributed by atoms with Crippen molar-refractivity contribution in [2.24, 2.45) is 0 Å². The lowest BCUT2D eigenvalue weighted by Gasteiger charge is -2.26. The van der Waals surface area contributed by atoms with Crippen molar-refractivity contribution in [2.75, 3.05) is 32.8 Å². The lowest BCUT2D eigenvalue weighted by molar-refractivity contribution is -0.910. The zero-order chi connectivity index (χ0) is 13.7. The molecule has 104 valence electrons. The predicted molar refractivity (Wildman–Crippen MR) is 80.4 cm³/mol. The molecule has 5 heteroatoms. The number of carbonyl (C=O) groups excluding carboxylic acids is 1. The van der Waals surface area contributed by atoms with Crippen molar-refractivity contribution in [3.05, 3.63) is 33.4 Å². The Balaban J connectivity index is 1.86. The summed E-state index contributed by atoms with van der Waals surface area (Å²) in [5, 5.41) is 0. The minimum atomic E-state index is -0.231. The van der Waals surface area contributed by atoms with Gasteiger partial charge < -0.3 is 14.4 Å². The number of benzene rings is 1. The third-order valence-corrected chi connectivity index (χ3v) is 4.12. The molecule has 19 heavy (non-hydrogen) atoms. The van der Waals surface area contributed by atoms with Crippen molar-refractivity contribution in [3.8, 4) is 0 Å². The van der Waals surface area contributed by atoms with E-state index < -0.39 is 0 Å². The molecule has 1 aromatic carbocycles. The first-order valence-electron chi connectivity index (χ1n) is 6.53. The molecule has 4 nitrogen and oxygen atoms in total. The molecule has 0 spiro atoms. The van der Waals surface area contributed by atoms with Crippen LogP contribution in [0, 0.1) is 3.57 Å². The van der Waals surface area contributed by atoms with E-state index in [0.29, 0.717) is 5.56 Å². The number of hydrogen-bond acceptors (Lipinski definition) is 3. The van der Waals surface area contributed by atoms with E-state index >= 15 is 0 Å². The predicted octanol–water partition coefficient (Wildman–Crippen LogP) is 0.752. The second-order valence-corrected chi connectivity index (χ2v) is 5.92. The molecule has 1 aliphatic rings. The molecule has 0 amide bonds. The smallest absolute Gasteiger partial charge is 0.339 e. The number of ether oxygens (including phenoxy) is 2. The summed E-state index contributed by atoms with van der Waals surface area (Å²) in [4.78, 5) is 13.5. The van der Waals surface area contributed by atoms with E-state index in [-0.39, 0.29) is 12.1 Å². The molecule has 1 fully saturated rings. The first-order valence-corrected chi connectivity index (χ1v) is 7.61. The van der Waals surface area contributed by atoms with Crippen LogP contribution in [0.25, 0.3) is 0 Å². The van der Waals surface area contributed by atoms with E-state index in [1.807, 2.05) is 25.1 Å². The first kappa shape index (κ1) is 14.7. The highest BCUT2D eigenvalue weighted by molar-refractivity contribution is 14.1. The molecule has 0 aromatic heterocycles. The molecule has 0 aliphatic carbocycles. The van der Waals surface area contributed by atoms with Gasteiger partial charge in [-0.05, 0) is 41.6 Å². The second-order valence-electron chi connectivity index (χ2n) is 4.76. The normalized spacial score (nSPS) is 18.0. The molecule has 1 atom stereocenters. The molecular formula is C14H19INO3+. The Hall–Kier alpha value is -0.660. The average molecular weight is 376 g/mol. The fourth-order valence-electron chi connectivity index (χ4n) is 2.19. The van der Waals surface area contributed by atoms with Crippen LogP contribution < -0.4 is 4.90 Å². The fourth-order valence-corrected chi connectivity index (χ4v) is 2.79. The number of quaternary nitrogens is 1. The largest absolute Gasteiger partial charge is 0.453 e. The maximum Gasteiger partial charge on any atom is 0.339 e. The van der Waals surface area contributed by atoms with Gasteiger partial charge in [0, 0.05) is 3.57 Å². The van der Waals surface area contributed by atoms with E-state index in [9.17, 15) is 4.79 Å². The van der Waals surface area contributed by atoms with Gasteiger partial charge in [0.2, 0.25) is 0 Å². The van der Waals surface area contributed by atoms with Gasteiger partial charge in [-0.2, -0.15) is 0 Å². The number of nitrogens with one attached hydrogen (secondary N) is 1. The summed E-state index contributed by atoms with van der Waals surface area (Å²) < 4.78 is 11.8. The summed E-state index contributed by atoms with van der Waals surface area (Å²) >= 11 is 2.16. The number of carbonyl (C=O) groups is 1. The van der Waals surface area contributed by atoms with Crippen molar-refractivity contribution in [2.45, 2.75) is 13.0 Å². The van der Waals surface area contributed by atoms with Gasteiger partial charge in [-0.25, -0.2) is 4.79 Å². The van der Waals surface area contributed by atoms with E-state index in [1.54, 1.807) is 6.07 Å². The van der Waals surface area contributed by atoms with Crippen LogP contribution in [0.3, 0.4) is 0 Å². The van der Waals surface area contributed by atoms with E-state index in [4.69, 9.17) is 9.47 Å². The quantitative estimate of drug-likeness (QED) is 0.623. The Morgan fingerprint density at radius 2 is 2.11 bits per heavy atom. The molecule has 1 saturated heterocycles. The van der Waals surface area contributed by atoms with Crippen LogP contribution in [-0.2, 0) is 9.47 Å². The zero-order valence-electron chi connectivity index (χ0n) is 11.0. The molecule has 0 saturated carbocycles. The minimum Gasteiger partial charge on any atom is -0.453 e. The van der Waals surface area contributed by atoms with Gasteiger partial charge >= 0.3 is 5.97 Å². The molecule has 0 unspecified atom stereocenters. The first-order chi connectivity index (χ1) is 9.16. The van der Waals surface area contributed by atoms with Gasteiger partial charge in [-0.1, -0.05) is 12.1 Å². The summed E-state index contributed by atoms with van der Waals surface area (Å²) in [7, 11) is 0. The Bertz CT molecular complexity index is 432. The Labute approximate surface area is 127 Å². The maximum absolute atomic E-state index is 12.1. The lowest BCUT2D eigenvalue weighted by atomic mass is 10.2. The van der Waals surface area contributed by atoms with Crippen LogP contribution in [-0.4, -0.2) is 44.9 Å². The topological polar surface area (TPSA) is 40.0 Å². The van der Waals surface area contributed by atoms with Crippen LogP contribution >= 0.6 is 22.6 Å². The van der Waals surface area contributed by atoms with Crippen molar-refractivity contribution < 1.29 is 19.2 Å². The van der Waals surface area contributed by atoms with Crippen molar-refractivity contribution in [3.63, 3.8) is 0 Å². The summed E-state index contributed by atoms with van der Waals surface area (Å²) in [5.74, 6) is -0.231. The molecule has 0 bridgehead atoms. The monoisotopic (exact) mass is 376 g/mol. The van der Waals surface area contributed by atoms with Gasteiger partial charge in [-0.15, -0.1) is 0 Å². The summed E-state index contributed by atoms with van der Waals surface area (Å²) in [6.45, 7) is 6.38. The number of halogens is 1. The van der Waals surface area contributed by atoms with Crippen LogP contribution in [0.4, 0.5) is 0 Å². The molecule has 1 heterocycles. The Kier molecular flexibility index (Phi) is 5.59. The van der Waals surface area contributed by atoms with Gasteiger partial charge in [0.25, 0.3) is 0 Å². The zero-order valence-corrected chi connectivity index (χ0v) is 13.2. The minimum absolute atomic E-state index is 0.0726. The third kappa shape index (κ3) is 4.43. The van der Waals surface area contributed by atoms with Gasteiger partial charge in [0.15, 0.2) is 0 Å². The second kappa shape index (κ2) is 7.21. The van der Waals surface area contributed by atoms with Crippen LogP contribution in [0.5, 0.6) is 0 Å². The SMILES string of the molecule is C[C@H](C[NH+]1CCOCC1)OC(=O)c1ccccc1I. The molecule has 0 radical (unpaired) electrons. The van der Waals surface area contributed by atoms with Crippen molar-refractivity contribution in [1.82, 2.24) is 0 Å². The molecule has 1 aromatic rings. The summed E-state index contributed by atoms with van der Waals surface area (Å²) in [5.41, 5.74) is 0.645. The van der Waals surface area contributed by atoms with Crippen LogP contribution in [0.15, 0.2) is 24.3 Å². The van der Waals surface area contributed by atoms with E-state index in [0.717, 1.165) is 36.4 Å². The van der Waals surface area contributed by atoms with E-state index in [2.05, 4.69) is 22.6 Å². The summed E-state index contributed by atoms with van der Waals surface area (Å²) in [6.07, 6.45) is -0.0726. The van der Waals surface area contributed by atoms with Crippen molar-refractivity contribution in [1.29, 1.82) is 0 Å². The molecule has 2 rings (SSSR count). The molecule has 1 aliphatic heterocycles.